The number of esters is 1. The molecule has 8 heteroatoms. The quantitative estimate of drug-likeness (QED) is 0.530. The van der Waals surface area contributed by atoms with E-state index in [-0.39, 0.29) is 13.2 Å². The Kier molecular flexibility index (Phi) is 7.72. The maximum absolute atomic E-state index is 11.8. The summed E-state index contributed by atoms with van der Waals surface area (Å²) in [7, 11) is 1.18. The van der Waals surface area contributed by atoms with Crippen LogP contribution in [0.4, 0.5) is 0 Å². The fraction of sp³-hybridized carbons (Fsp3) is 0.400. The van der Waals surface area contributed by atoms with Crippen molar-refractivity contribution in [2.24, 2.45) is 5.73 Å². The topological polar surface area (TPSA) is 128 Å². The molecule has 0 aromatic heterocycles. The van der Waals surface area contributed by atoms with Crippen LogP contribution in [0.1, 0.15) is 12.0 Å². The molecule has 0 spiro atoms. The van der Waals surface area contributed by atoms with Crippen LogP contribution < -0.4 is 11.1 Å². The third-order valence-corrected chi connectivity index (χ3v) is 2.93. The molecule has 0 fully saturated rings. The zero-order valence-corrected chi connectivity index (χ0v) is 12.7. The highest BCUT2D eigenvalue weighted by molar-refractivity contribution is 5.89. The minimum absolute atomic E-state index is 0.118. The minimum Gasteiger partial charge on any atom is -0.481 e. The molecule has 0 aliphatic carbocycles. The molecule has 1 rings (SSSR count). The fourth-order valence-corrected chi connectivity index (χ4v) is 1.74. The van der Waals surface area contributed by atoms with Crippen molar-refractivity contribution in [2.75, 3.05) is 13.7 Å². The molecule has 4 N–H and O–H groups in total. The number of carboxylic acids is 1. The van der Waals surface area contributed by atoms with Crippen LogP contribution in [0.3, 0.4) is 0 Å². The maximum atomic E-state index is 11.8. The SMILES string of the molecule is COC(=O)[C@H](COCc1ccccc1)NC(=O)[C@@H](N)CC(=O)O. The Morgan fingerprint density at radius 2 is 1.91 bits per heavy atom. The van der Waals surface area contributed by atoms with Crippen molar-refractivity contribution < 1.29 is 29.0 Å². The van der Waals surface area contributed by atoms with Gasteiger partial charge in [0.1, 0.15) is 0 Å². The summed E-state index contributed by atoms with van der Waals surface area (Å²) in [6.07, 6.45) is -0.537. The van der Waals surface area contributed by atoms with Crippen LogP contribution in [0.25, 0.3) is 0 Å². The summed E-state index contributed by atoms with van der Waals surface area (Å²) in [5.41, 5.74) is 6.35. The van der Waals surface area contributed by atoms with Crippen LogP contribution in [0.5, 0.6) is 0 Å². The smallest absolute Gasteiger partial charge is 0.330 e. The van der Waals surface area contributed by atoms with E-state index < -0.39 is 36.4 Å². The van der Waals surface area contributed by atoms with E-state index in [0.717, 1.165) is 5.56 Å². The van der Waals surface area contributed by atoms with Crippen molar-refractivity contribution in [3.8, 4) is 0 Å². The third kappa shape index (κ3) is 6.90. The molecule has 1 aromatic rings. The number of aliphatic carboxylic acids is 1. The highest BCUT2D eigenvalue weighted by atomic mass is 16.5. The first-order valence-electron chi connectivity index (χ1n) is 6.91. The van der Waals surface area contributed by atoms with Crippen molar-refractivity contribution in [3.05, 3.63) is 35.9 Å². The molecule has 0 radical (unpaired) electrons. The molecule has 0 unspecified atom stereocenters. The number of carboxylic acid groups (broad SMARTS) is 1. The van der Waals surface area contributed by atoms with Crippen LogP contribution in [0.15, 0.2) is 30.3 Å². The first-order chi connectivity index (χ1) is 10.9. The van der Waals surface area contributed by atoms with Crippen LogP contribution in [-0.2, 0) is 30.5 Å². The number of rotatable bonds is 9. The summed E-state index contributed by atoms with van der Waals surface area (Å²) >= 11 is 0. The first kappa shape index (κ1) is 18.6. The number of ether oxygens (including phenoxy) is 2. The van der Waals surface area contributed by atoms with E-state index in [9.17, 15) is 14.4 Å². The lowest BCUT2D eigenvalue weighted by Gasteiger charge is -2.18. The average molecular weight is 324 g/mol. The Hall–Kier alpha value is -2.45. The summed E-state index contributed by atoms with van der Waals surface area (Å²) in [6.45, 7) is 0.137. The molecule has 23 heavy (non-hydrogen) atoms. The van der Waals surface area contributed by atoms with E-state index in [1.54, 1.807) is 0 Å². The average Bonchev–Trinajstić information content (AvgIpc) is 2.53. The third-order valence-electron chi connectivity index (χ3n) is 2.93. The van der Waals surface area contributed by atoms with Gasteiger partial charge in [0.15, 0.2) is 6.04 Å². The summed E-state index contributed by atoms with van der Waals surface area (Å²) in [4.78, 5) is 34.0. The molecular weight excluding hydrogens is 304 g/mol. The van der Waals surface area contributed by atoms with Crippen molar-refractivity contribution in [1.29, 1.82) is 0 Å². The number of nitrogens with two attached hydrogens (primary N) is 1. The molecule has 0 aliphatic heterocycles. The predicted octanol–water partition coefficient (Wildman–Crippen LogP) is -0.337. The molecule has 1 aromatic carbocycles. The molecule has 2 atom stereocenters. The Balaban J connectivity index is 2.53. The summed E-state index contributed by atoms with van der Waals surface area (Å²) < 4.78 is 9.98. The molecule has 0 saturated heterocycles. The van der Waals surface area contributed by atoms with Crippen LogP contribution >= 0.6 is 0 Å². The largest absolute Gasteiger partial charge is 0.481 e. The number of methoxy groups -OCH3 is 1. The van der Waals surface area contributed by atoms with Crippen molar-refractivity contribution in [1.82, 2.24) is 5.32 Å². The highest BCUT2D eigenvalue weighted by Gasteiger charge is 2.25. The molecule has 0 aliphatic rings. The lowest BCUT2D eigenvalue weighted by molar-refractivity contribution is -0.147. The zero-order chi connectivity index (χ0) is 17.2. The predicted molar refractivity (Wildman–Crippen MR) is 80.3 cm³/mol. The highest BCUT2D eigenvalue weighted by Crippen LogP contribution is 2.02. The Bertz CT molecular complexity index is 534. The van der Waals surface area contributed by atoms with Gasteiger partial charge < -0.3 is 25.6 Å². The number of carbonyl (C=O) groups excluding carboxylic acids is 2. The molecule has 126 valence electrons. The first-order valence-corrected chi connectivity index (χ1v) is 6.91. The van der Waals surface area contributed by atoms with Crippen LogP contribution in [0, 0.1) is 0 Å². The van der Waals surface area contributed by atoms with Gasteiger partial charge in [-0.25, -0.2) is 4.79 Å². The molecular formula is C15H20N2O6. The standard InChI is InChI=1S/C15H20N2O6/c1-22-15(21)12(17-14(20)11(16)7-13(18)19)9-23-8-10-5-3-2-4-6-10/h2-6,11-12H,7-9,16H2,1H3,(H,17,20)(H,18,19)/t11-,12-/m0/s1. The zero-order valence-electron chi connectivity index (χ0n) is 12.7. The van der Waals surface area contributed by atoms with Gasteiger partial charge in [-0.05, 0) is 5.56 Å². The second-order valence-electron chi connectivity index (χ2n) is 4.79. The summed E-state index contributed by atoms with van der Waals surface area (Å²) in [5.74, 6) is -2.66. The van der Waals surface area contributed by atoms with E-state index in [1.807, 2.05) is 30.3 Å². The number of benzene rings is 1. The van der Waals surface area contributed by atoms with Crippen molar-refractivity contribution >= 4 is 17.8 Å². The molecule has 1 amide bonds. The number of nitrogens with one attached hydrogen (secondary N) is 1. The lowest BCUT2D eigenvalue weighted by Crippen LogP contribution is -2.51. The van der Waals surface area contributed by atoms with Gasteiger partial charge in [-0.3, -0.25) is 9.59 Å². The number of hydrogen-bond acceptors (Lipinski definition) is 6. The Labute approximate surface area is 133 Å². The van der Waals surface area contributed by atoms with Gasteiger partial charge in [-0.1, -0.05) is 30.3 Å². The Morgan fingerprint density at radius 3 is 2.48 bits per heavy atom. The van der Waals surface area contributed by atoms with Crippen molar-refractivity contribution in [3.63, 3.8) is 0 Å². The molecule has 0 bridgehead atoms. The van der Waals surface area contributed by atoms with E-state index >= 15 is 0 Å². The number of amides is 1. The van der Waals surface area contributed by atoms with E-state index in [4.69, 9.17) is 15.6 Å². The normalized spacial score (nSPS) is 13.0. The summed E-state index contributed by atoms with van der Waals surface area (Å²) in [6, 6.07) is 6.96. The van der Waals surface area contributed by atoms with Crippen LogP contribution in [-0.4, -0.2) is 48.8 Å². The van der Waals surface area contributed by atoms with Gasteiger partial charge >= 0.3 is 11.9 Å². The molecule has 8 nitrogen and oxygen atoms in total. The van der Waals surface area contributed by atoms with E-state index in [0.29, 0.717) is 0 Å². The summed E-state index contributed by atoms with van der Waals surface area (Å²) in [5, 5.41) is 10.9. The van der Waals surface area contributed by atoms with Crippen LogP contribution in [0.2, 0.25) is 0 Å². The maximum Gasteiger partial charge on any atom is 0.330 e. The van der Waals surface area contributed by atoms with Gasteiger partial charge in [-0.15, -0.1) is 0 Å². The van der Waals surface area contributed by atoms with Gasteiger partial charge in [-0.2, -0.15) is 0 Å². The van der Waals surface area contributed by atoms with Gasteiger partial charge in [0.25, 0.3) is 0 Å². The van der Waals surface area contributed by atoms with Gasteiger partial charge in [0.05, 0.1) is 32.8 Å². The molecule has 0 heterocycles. The van der Waals surface area contributed by atoms with Gasteiger partial charge in [0, 0.05) is 0 Å². The second-order valence-corrected chi connectivity index (χ2v) is 4.79. The van der Waals surface area contributed by atoms with E-state index in [1.165, 1.54) is 7.11 Å². The van der Waals surface area contributed by atoms with Crippen molar-refractivity contribution in [2.45, 2.75) is 25.1 Å². The Morgan fingerprint density at radius 1 is 1.26 bits per heavy atom. The monoisotopic (exact) mass is 324 g/mol. The number of hydrogen-bond donors (Lipinski definition) is 3. The fourth-order valence-electron chi connectivity index (χ4n) is 1.74. The minimum atomic E-state index is -1.26. The molecule has 0 saturated carbocycles. The lowest BCUT2D eigenvalue weighted by atomic mass is 10.2. The number of carbonyl (C=O) groups is 3. The van der Waals surface area contributed by atoms with Gasteiger partial charge in [0.2, 0.25) is 5.91 Å². The van der Waals surface area contributed by atoms with E-state index in [2.05, 4.69) is 10.1 Å². The second kappa shape index (κ2) is 9.54.